The molecule has 116 valence electrons. The number of rotatable bonds is 5. The third kappa shape index (κ3) is 3.75. The van der Waals surface area contributed by atoms with Gasteiger partial charge in [-0.25, -0.2) is 17.5 Å². The molecule has 1 aromatic carbocycles. The van der Waals surface area contributed by atoms with Crippen molar-refractivity contribution >= 4 is 38.6 Å². The fraction of sp³-hybridized carbons (Fsp3) is 0.500. The molecular weight excluding hydrogens is 405 g/mol. The van der Waals surface area contributed by atoms with E-state index < -0.39 is 16.0 Å². The van der Waals surface area contributed by atoms with Crippen LogP contribution in [0.2, 0.25) is 0 Å². The Morgan fingerprint density at radius 2 is 2.00 bits per heavy atom. The lowest BCUT2D eigenvalue weighted by molar-refractivity contribution is 0.0695. The number of aromatic carboxylic acids is 1. The lowest BCUT2D eigenvalue weighted by atomic mass is 10.1. The number of carboxylic acid groups (broad SMARTS) is 1. The van der Waals surface area contributed by atoms with Gasteiger partial charge < -0.3 is 5.11 Å². The summed E-state index contributed by atoms with van der Waals surface area (Å²) in [6.45, 7) is 0.497. The highest BCUT2D eigenvalue weighted by Crippen LogP contribution is 2.27. The summed E-state index contributed by atoms with van der Waals surface area (Å²) in [4.78, 5) is 11.2. The molecule has 2 rings (SSSR count). The van der Waals surface area contributed by atoms with E-state index in [9.17, 15) is 13.2 Å². The summed E-state index contributed by atoms with van der Waals surface area (Å²) in [6.07, 6.45) is 4.44. The van der Waals surface area contributed by atoms with E-state index in [1.54, 1.807) is 7.05 Å². The van der Waals surface area contributed by atoms with Gasteiger partial charge in [-0.05, 0) is 59.5 Å². The molecule has 0 radical (unpaired) electrons. The van der Waals surface area contributed by atoms with Crippen LogP contribution < -0.4 is 0 Å². The van der Waals surface area contributed by atoms with E-state index >= 15 is 0 Å². The second-order valence-corrected chi connectivity index (χ2v) is 8.59. The smallest absolute Gasteiger partial charge is 0.336 e. The fourth-order valence-corrected chi connectivity index (χ4v) is 4.50. The van der Waals surface area contributed by atoms with Crippen LogP contribution >= 0.6 is 22.6 Å². The van der Waals surface area contributed by atoms with Crippen molar-refractivity contribution in [1.29, 1.82) is 0 Å². The molecule has 0 spiro atoms. The molecule has 5 nitrogen and oxygen atoms in total. The summed E-state index contributed by atoms with van der Waals surface area (Å²) in [6, 6.07) is 4.24. The minimum Gasteiger partial charge on any atom is -0.478 e. The molecule has 1 aliphatic rings. The van der Waals surface area contributed by atoms with Crippen LogP contribution in [0.4, 0.5) is 0 Å². The van der Waals surface area contributed by atoms with Gasteiger partial charge in [0, 0.05) is 17.2 Å². The molecule has 0 atom stereocenters. The average molecular weight is 423 g/mol. The van der Waals surface area contributed by atoms with Crippen LogP contribution in [-0.4, -0.2) is 37.4 Å². The predicted octanol–water partition coefficient (Wildman–Crippen LogP) is 2.80. The standard InChI is InChI=1S/C14H18INO4S/c1-16(9-10-4-2-3-5-10)21(19,20)11-6-7-13(15)12(8-11)14(17)18/h6-8,10H,2-5,9H2,1H3,(H,17,18). The molecule has 1 saturated carbocycles. The minimum absolute atomic E-state index is 0.0194. The van der Waals surface area contributed by atoms with Gasteiger partial charge in [-0.2, -0.15) is 0 Å². The van der Waals surface area contributed by atoms with Crippen LogP contribution in [0.3, 0.4) is 0 Å². The Balaban J connectivity index is 2.26. The maximum atomic E-state index is 12.5. The molecule has 0 bridgehead atoms. The fourth-order valence-electron chi connectivity index (χ4n) is 2.66. The Bertz CT molecular complexity index is 638. The second-order valence-electron chi connectivity index (χ2n) is 5.38. The van der Waals surface area contributed by atoms with E-state index in [1.165, 1.54) is 22.5 Å². The molecule has 0 aliphatic heterocycles. The molecule has 1 N–H and O–H groups in total. The minimum atomic E-state index is -3.63. The Labute approximate surface area is 138 Å². The monoisotopic (exact) mass is 423 g/mol. The summed E-state index contributed by atoms with van der Waals surface area (Å²) >= 11 is 1.89. The van der Waals surface area contributed by atoms with Crippen molar-refractivity contribution in [2.45, 2.75) is 30.6 Å². The molecule has 1 aromatic rings. The van der Waals surface area contributed by atoms with E-state index in [4.69, 9.17) is 5.11 Å². The zero-order valence-corrected chi connectivity index (χ0v) is 14.7. The molecule has 0 unspecified atom stereocenters. The van der Waals surface area contributed by atoms with Crippen molar-refractivity contribution in [3.8, 4) is 0 Å². The van der Waals surface area contributed by atoms with Crippen molar-refractivity contribution in [3.63, 3.8) is 0 Å². The lowest BCUT2D eigenvalue weighted by Crippen LogP contribution is -2.31. The highest BCUT2D eigenvalue weighted by Gasteiger charge is 2.26. The molecule has 0 heterocycles. The average Bonchev–Trinajstić information content (AvgIpc) is 2.91. The molecule has 1 aliphatic carbocycles. The van der Waals surface area contributed by atoms with Crippen LogP contribution in [0.25, 0.3) is 0 Å². The van der Waals surface area contributed by atoms with Crippen molar-refractivity contribution in [2.75, 3.05) is 13.6 Å². The molecule has 0 aromatic heterocycles. The lowest BCUT2D eigenvalue weighted by Gasteiger charge is -2.21. The van der Waals surface area contributed by atoms with Crippen LogP contribution in [0.15, 0.2) is 23.1 Å². The number of nitrogens with zero attached hydrogens (tertiary/aromatic N) is 1. The Hall–Kier alpha value is -0.670. The van der Waals surface area contributed by atoms with Crippen molar-refractivity contribution < 1.29 is 18.3 Å². The normalized spacial score (nSPS) is 16.5. The maximum Gasteiger partial charge on any atom is 0.336 e. The van der Waals surface area contributed by atoms with Crippen LogP contribution in [0.5, 0.6) is 0 Å². The third-order valence-corrected chi connectivity index (χ3v) is 6.63. The van der Waals surface area contributed by atoms with E-state index in [-0.39, 0.29) is 10.5 Å². The molecular formula is C14H18INO4S. The van der Waals surface area contributed by atoms with Gasteiger partial charge in [0.05, 0.1) is 10.5 Å². The maximum absolute atomic E-state index is 12.5. The van der Waals surface area contributed by atoms with E-state index in [0.717, 1.165) is 25.7 Å². The van der Waals surface area contributed by atoms with Crippen molar-refractivity contribution in [1.82, 2.24) is 4.31 Å². The van der Waals surface area contributed by atoms with Gasteiger partial charge >= 0.3 is 5.97 Å². The first-order valence-electron chi connectivity index (χ1n) is 6.81. The van der Waals surface area contributed by atoms with Gasteiger partial charge in [-0.3, -0.25) is 0 Å². The summed E-state index contributed by atoms with van der Waals surface area (Å²) in [5, 5.41) is 9.11. The predicted molar refractivity (Wildman–Crippen MR) is 87.9 cm³/mol. The summed E-state index contributed by atoms with van der Waals surface area (Å²) < 4.78 is 26.9. The van der Waals surface area contributed by atoms with Gasteiger partial charge in [0.25, 0.3) is 0 Å². The highest BCUT2D eigenvalue weighted by atomic mass is 127. The largest absolute Gasteiger partial charge is 0.478 e. The van der Waals surface area contributed by atoms with Gasteiger partial charge in [-0.15, -0.1) is 0 Å². The van der Waals surface area contributed by atoms with Gasteiger partial charge in [0.1, 0.15) is 0 Å². The van der Waals surface area contributed by atoms with E-state index in [0.29, 0.717) is 16.0 Å². The van der Waals surface area contributed by atoms with Crippen LogP contribution in [0.1, 0.15) is 36.0 Å². The molecule has 0 amide bonds. The topological polar surface area (TPSA) is 74.7 Å². The quantitative estimate of drug-likeness (QED) is 0.740. The van der Waals surface area contributed by atoms with Crippen molar-refractivity contribution in [2.24, 2.45) is 5.92 Å². The Kier molecular flexibility index (Phi) is 5.26. The number of hydrogen-bond acceptors (Lipinski definition) is 3. The van der Waals surface area contributed by atoms with Crippen LogP contribution in [-0.2, 0) is 10.0 Å². The first-order valence-corrected chi connectivity index (χ1v) is 9.33. The highest BCUT2D eigenvalue weighted by molar-refractivity contribution is 14.1. The number of hydrogen-bond donors (Lipinski definition) is 1. The number of benzene rings is 1. The molecule has 1 fully saturated rings. The Morgan fingerprint density at radius 1 is 1.38 bits per heavy atom. The molecule has 0 saturated heterocycles. The first kappa shape index (κ1) is 16.7. The Morgan fingerprint density at radius 3 is 2.57 bits per heavy atom. The number of carbonyl (C=O) groups is 1. The third-order valence-electron chi connectivity index (χ3n) is 3.87. The SMILES string of the molecule is CN(CC1CCCC1)S(=O)(=O)c1ccc(I)c(C(=O)O)c1. The van der Waals surface area contributed by atoms with Crippen molar-refractivity contribution in [3.05, 3.63) is 27.3 Å². The molecule has 21 heavy (non-hydrogen) atoms. The number of sulfonamides is 1. The number of carboxylic acids is 1. The van der Waals surface area contributed by atoms with E-state index in [1.807, 2.05) is 22.6 Å². The van der Waals surface area contributed by atoms with Gasteiger partial charge in [-0.1, -0.05) is 12.8 Å². The van der Waals surface area contributed by atoms with Gasteiger partial charge in [0.2, 0.25) is 10.0 Å². The number of halogens is 1. The second kappa shape index (κ2) is 6.62. The molecule has 7 heteroatoms. The zero-order chi connectivity index (χ0) is 15.6. The summed E-state index contributed by atoms with van der Waals surface area (Å²) in [7, 11) is -2.07. The van der Waals surface area contributed by atoms with E-state index in [2.05, 4.69) is 0 Å². The first-order chi connectivity index (χ1) is 9.82. The summed E-state index contributed by atoms with van der Waals surface area (Å²) in [5.41, 5.74) is 0.0194. The summed E-state index contributed by atoms with van der Waals surface area (Å²) in [5.74, 6) is -0.706. The van der Waals surface area contributed by atoms with Gasteiger partial charge in [0.15, 0.2) is 0 Å². The zero-order valence-electron chi connectivity index (χ0n) is 11.8. The van der Waals surface area contributed by atoms with Crippen LogP contribution in [0, 0.1) is 9.49 Å².